The third-order valence-electron chi connectivity index (χ3n) is 8.33. The van der Waals surface area contributed by atoms with Gasteiger partial charge in [0, 0.05) is 45.5 Å². The summed E-state index contributed by atoms with van der Waals surface area (Å²) >= 11 is 0. The maximum absolute atomic E-state index is 5.32. The first kappa shape index (κ1) is 23.7. The van der Waals surface area contributed by atoms with E-state index in [9.17, 15) is 0 Å². The maximum atomic E-state index is 5.32. The number of nitrogens with zero attached hydrogens (tertiary/aromatic N) is 5. The summed E-state index contributed by atoms with van der Waals surface area (Å²) < 4.78 is 6.82. The molecule has 0 amide bonds. The van der Waals surface area contributed by atoms with Crippen molar-refractivity contribution < 1.29 is 0 Å². The number of hydrogen-bond donors (Lipinski definition) is 0. The monoisotopic (exact) mass is 551 g/mol. The lowest BCUT2D eigenvalue weighted by molar-refractivity contribution is 1.08. The molecule has 0 fully saturated rings. The number of benzene rings is 5. The summed E-state index contributed by atoms with van der Waals surface area (Å²) in [6, 6.07) is 48.7. The Morgan fingerprint density at radius 2 is 1.23 bits per heavy atom. The molecule has 5 aromatic carbocycles. The quantitative estimate of drug-likeness (QED) is 0.219. The molecule has 4 aromatic heterocycles. The molecular weight excluding hydrogens is 526 g/mol. The Kier molecular flexibility index (Phi) is 5.13. The molecule has 9 aromatic rings. The SMILES string of the molecule is c1ccc(-c2nc3c(-n4c5ccccc5c5c6c(ccc54)ccn6-c4ccccc4)ccnc3n2-c2ccccc2)cc1. The average Bonchev–Trinajstić information content (AvgIpc) is 3.78. The first-order chi connectivity index (χ1) is 21.4. The molecule has 0 saturated carbocycles. The summed E-state index contributed by atoms with van der Waals surface area (Å²) in [5.74, 6) is 0.864. The molecule has 0 N–H and O–H groups in total. The van der Waals surface area contributed by atoms with E-state index in [2.05, 4.69) is 147 Å². The Bertz CT molecular complexity index is 2430. The van der Waals surface area contributed by atoms with Gasteiger partial charge in [-0.1, -0.05) is 91.0 Å². The smallest absolute Gasteiger partial charge is 0.167 e. The Labute approximate surface area is 247 Å². The van der Waals surface area contributed by atoms with Crippen LogP contribution < -0.4 is 0 Å². The number of rotatable bonds is 4. The molecule has 0 spiro atoms. The molecule has 202 valence electrons. The molecular formula is C38H25N5. The number of hydrogen-bond acceptors (Lipinski definition) is 2. The molecule has 0 radical (unpaired) electrons. The van der Waals surface area contributed by atoms with Crippen LogP contribution in [0.2, 0.25) is 0 Å². The third kappa shape index (κ3) is 3.52. The molecule has 5 heteroatoms. The van der Waals surface area contributed by atoms with E-state index in [4.69, 9.17) is 9.97 Å². The van der Waals surface area contributed by atoms with Crippen LogP contribution in [0.1, 0.15) is 0 Å². The van der Waals surface area contributed by atoms with Gasteiger partial charge in [0.25, 0.3) is 0 Å². The largest absolute Gasteiger partial charge is 0.316 e. The van der Waals surface area contributed by atoms with Crippen molar-refractivity contribution in [2.24, 2.45) is 0 Å². The second-order valence-electron chi connectivity index (χ2n) is 10.7. The summed E-state index contributed by atoms with van der Waals surface area (Å²) in [5, 5.41) is 3.63. The van der Waals surface area contributed by atoms with Crippen LogP contribution in [0.5, 0.6) is 0 Å². The molecule has 5 nitrogen and oxygen atoms in total. The predicted octanol–water partition coefficient (Wildman–Crippen LogP) is 9.13. The van der Waals surface area contributed by atoms with Crippen LogP contribution in [0.15, 0.2) is 152 Å². The fraction of sp³-hybridized carbons (Fsp3) is 0. The molecule has 0 aliphatic carbocycles. The maximum Gasteiger partial charge on any atom is 0.167 e. The first-order valence-electron chi connectivity index (χ1n) is 14.4. The molecule has 0 saturated heterocycles. The van der Waals surface area contributed by atoms with Crippen LogP contribution in [0.3, 0.4) is 0 Å². The van der Waals surface area contributed by atoms with E-state index < -0.39 is 0 Å². The number of pyridine rings is 1. The van der Waals surface area contributed by atoms with Crippen molar-refractivity contribution >= 4 is 43.9 Å². The van der Waals surface area contributed by atoms with Gasteiger partial charge in [0.1, 0.15) is 11.3 Å². The minimum Gasteiger partial charge on any atom is -0.316 e. The lowest BCUT2D eigenvalue weighted by atomic mass is 10.1. The highest BCUT2D eigenvalue weighted by atomic mass is 15.1. The van der Waals surface area contributed by atoms with Crippen molar-refractivity contribution in [1.29, 1.82) is 0 Å². The summed E-state index contributed by atoms with van der Waals surface area (Å²) in [6.45, 7) is 0. The van der Waals surface area contributed by atoms with Crippen LogP contribution >= 0.6 is 0 Å². The van der Waals surface area contributed by atoms with Gasteiger partial charge in [-0.2, -0.15) is 0 Å². The lowest BCUT2D eigenvalue weighted by Crippen LogP contribution is -1.99. The fourth-order valence-corrected chi connectivity index (χ4v) is 6.49. The van der Waals surface area contributed by atoms with Crippen molar-refractivity contribution in [3.63, 3.8) is 0 Å². The Balaban J connectivity index is 1.40. The number of aromatic nitrogens is 5. The van der Waals surface area contributed by atoms with Gasteiger partial charge in [-0.25, -0.2) is 9.97 Å². The van der Waals surface area contributed by atoms with Crippen LogP contribution in [0, 0.1) is 0 Å². The summed E-state index contributed by atoms with van der Waals surface area (Å²) in [6.07, 6.45) is 4.07. The zero-order chi connectivity index (χ0) is 28.3. The van der Waals surface area contributed by atoms with Gasteiger partial charge >= 0.3 is 0 Å². The molecule has 0 bridgehead atoms. The standard InChI is InChI=1S/C38H25N5/c1-4-12-27(13-5-1)37-40-35-33(22-24-39-38(35)42(37)29-16-8-3-9-17-29)43-31-19-11-10-18-30(31)34-32(43)21-20-26-23-25-41(36(26)34)28-14-6-2-7-15-28/h1-25H. The van der Waals surface area contributed by atoms with Crippen molar-refractivity contribution in [3.05, 3.63) is 152 Å². The van der Waals surface area contributed by atoms with Gasteiger partial charge in [-0.05, 0) is 48.5 Å². The second kappa shape index (κ2) is 9.29. The lowest BCUT2D eigenvalue weighted by Gasteiger charge is -2.10. The zero-order valence-corrected chi connectivity index (χ0v) is 23.2. The zero-order valence-electron chi connectivity index (χ0n) is 23.2. The van der Waals surface area contributed by atoms with Gasteiger partial charge in [0.2, 0.25) is 0 Å². The Morgan fingerprint density at radius 3 is 2.02 bits per heavy atom. The van der Waals surface area contributed by atoms with E-state index in [-0.39, 0.29) is 0 Å². The average molecular weight is 552 g/mol. The van der Waals surface area contributed by atoms with E-state index in [1.54, 1.807) is 0 Å². The number of imidazole rings is 1. The Hall–Kier alpha value is -5.94. The highest BCUT2D eigenvalue weighted by Gasteiger charge is 2.22. The molecule has 0 atom stereocenters. The van der Waals surface area contributed by atoms with Crippen LogP contribution in [0.25, 0.3) is 72.3 Å². The minimum absolute atomic E-state index is 0.822. The number of fused-ring (bicyclic) bond motifs is 6. The van der Waals surface area contributed by atoms with Crippen molar-refractivity contribution in [3.8, 4) is 28.5 Å². The van der Waals surface area contributed by atoms with Crippen LogP contribution in [-0.4, -0.2) is 23.7 Å². The van der Waals surface area contributed by atoms with Gasteiger partial charge in [0.15, 0.2) is 5.65 Å². The minimum atomic E-state index is 0.822. The summed E-state index contributed by atoms with van der Waals surface area (Å²) in [4.78, 5) is 10.2. The van der Waals surface area contributed by atoms with Gasteiger partial charge in [-0.3, -0.25) is 4.57 Å². The van der Waals surface area contributed by atoms with Gasteiger partial charge < -0.3 is 9.13 Å². The van der Waals surface area contributed by atoms with Gasteiger partial charge in [-0.15, -0.1) is 0 Å². The topological polar surface area (TPSA) is 40.6 Å². The van der Waals surface area contributed by atoms with E-state index in [0.29, 0.717) is 0 Å². The second-order valence-corrected chi connectivity index (χ2v) is 10.7. The van der Waals surface area contributed by atoms with Crippen molar-refractivity contribution in [2.45, 2.75) is 0 Å². The normalized spacial score (nSPS) is 11.7. The highest BCUT2D eigenvalue weighted by molar-refractivity contribution is 6.21. The molecule has 9 rings (SSSR count). The molecule has 4 heterocycles. The van der Waals surface area contributed by atoms with Crippen LogP contribution in [-0.2, 0) is 0 Å². The summed E-state index contributed by atoms with van der Waals surface area (Å²) in [7, 11) is 0. The third-order valence-corrected chi connectivity index (χ3v) is 8.33. The molecule has 0 aliphatic heterocycles. The van der Waals surface area contributed by atoms with E-state index in [0.717, 1.165) is 50.6 Å². The van der Waals surface area contributed by atoms with Crippen molar-refractivity contribution in [2.75, 3.05) is 0 Å². The molecule has 43 heavy (non-hydrogen) atoms. The van der Waals surface area contributed by atoms with E-state index in [1.807, 2.05) is 18.3 Å². The van der Waals surface area contributed by atoms with E-state index >= 15 is 0 Å². The summed E-state index contributed by atoms with van der Waals surface area (Å²) in [5.41, 5.74) is 9.35. The van der Waals surface area contributed by atoms with Crippen LogP contribution in [0.4, 0.5) is 0 Å². The first-order valence-corrected chi connectivity index (χ1v) is 14.4. The van der Waals surface area contributed by atoms with Crippen molar-refractivity contribution in [1.82, 2.24) is 23.7 Å². The predicted molar refractivity (Wildman–Crippen MR) is 175 cm³/mol. The molecule has 0 aliphatic rings. The highest BCUT2D eigenvalue weighted by Crippen LogP contribution is 2.40. The molecule has 0 unspecified atom stereocenters. The van der Waals surface area contributed by atoms with Gasteiger partial charge in [0.05, 0.1) is 22.2 Å². The number of para-hydroxylation sites is 3. The van der Waals surface area contributed by atoms with E-state index in [1.165, 1.54) is 21.7 Å². The Morgan fingerprint density at radius 1 is 0.535 bits per heavy atom. The fourth-order valence-electron chi connectivity index (χ4n) is 6.49.